The number of ether oxygens (including phenoxy) is 2. The first kappa shape index (κ1) is 20.3. The zero-order valence-electron chi connectivity index (χ0n) is 16.3. The molecule has 144 valence electrons. The van der Waals surface area contributed by atoms with Gasteiger partial charge in [0.05, 0.1) is 19.2 Å². The predicted molar refractivity (Wildman–Crippen MR) is 107 cm³/mol. The molecule has 0 aromatic heterocycles. The van der Waals surface area contributed by atoms with Gasteiger partial charge in [0.25, 0.3) is 0 Å². The molecule has 2 aromatic carbocycles. The molecule has 2 N–H and O–H groups in total. The maximum atomic E-state index is 11.5. The van der Waals surface area contributed by atoms with E-state index in [0.717, 1.165) is 11.3 Å². The summed E-state index contributed by atoms with van der Waals surface area (Å²) in [5.41, 5.74) is 2.74. The summed E-state index contributed by atoms with van der Waals surface area (Å²) in [6.45, 7) is 5.26. The van der Waals surface area contributed by atoms with Gasteiger partial charge in [-0.15, -0.1) is 0 Å². The zero-order chi connectivity index (χ0) is 19.6. The number of hydrogen-bond donors (Lipinski definition) is 2. The molecule has 6 nitrogen and oxygen atoms in total. The van der Waals surface area contributed by atoms with Crippen molar-refractivity contribution in [2.24, 2.45) is 4.99 Å². The first-order valence-electron chi connectivity index (χ1n) is 8.87. The normalized spacial score (nSPS) is 12.2. The molecular weight excluding hydrogens is 342 g/mol. The standard InChI is InChI=1S/C21H27N3O3/c1-15-6-5-7-19(12-15)27-16(2)13-23-21(22-3)24-14-17-8-10-18(11-9-17)20(25)26-4/h5-12,16H,13-14H2,1-4H3,(H2,22,23,24). The highest BCUT2D eigenvalue weighted by Crippen LogP contribution is 2.13. The van der Waals surface area contributed by atoms with Crippen LogP contribution in [0.4, 0.5) is 0 Å². The molecule has 27 heavy (non-hydrogen) atoms. The van der Waals surface area contributed by atoms with Gasteiger partial charge in [-0.1, -0.05) is 24.3 Å². The largest absolute Gasteiger partial charge is 0.489 e. The van der Waals surface area contributed by atoms with Crippen LogP contribution >= 0.6 is 0 Å². The van der Waals surface area contributed by atoms with Crippen LogP contribution in [-0.2, 0) is 11.3 Å². The Balaban J connectivity index is 1.79. The molecule has 0 radical (unpaired) electrons. The van der Waals surface area contributed by atoms with E-state index in [2.05, 4.69) is 15.6 Å². The summed E-state index contributed by atoms with van der Waals surface area (Å²) >= 11 is 0. The SMILES string of the molecule is CN=C(NCc1ccc(C(=O)OC)cc1)NCC(C)Oc1cccc(C)c1. The van der Waals surface area contributed by atoms with Crippen LogP contribution in [0.5, 0.6) is 5.75 Å². The first-order chi connectivity index (χ1) is 13.0. The average molecular weight is 369 g/mol. The van der Waals surface area contributed by atoms with Gasteiger partial charge in [-0.2, -0.15) is 0 Å². The van der Waals surface area contributed by atoms with E-state index in [4.69, 9.17) is 9.47 Å². The summed E-state index contributed by atoms with van der Waals surface area (Å²) in [6, 6.07) is 15.3. The summed E-state index contributed by atoms with van der Waals surface area (Å²) in [4.78, 5) is 15.7. The van der Waals surface area contributed by atoms with Crippen molar-refractivity contribution in [3.05, 3.63) is 65.2 Å². The van der Waals surface area contributed by atoms with Gasteiger partial charge in [-0.05, 0) is 49.2 Å². The van der Waals surface area contributed by atoms with E-state index in [0.29, 0.717) is 24.6 Å². The summed E-state index contributed by atoms with van der Waals surface area (Å²) < 4.78 is 10.6. The lowest BCUT2D eigenvalue weighted by Gasteiger charge is -2.18. The van der Waals surface area contributed by atoms with Crippen molar-refractivity contribution in [2.45, 2.75) is 26.5 Å². The fraction of sp³-hybridized carbons (Fsp3) is 0.333. The molecule has 2 rings (SSSR count). The average Bonchev–Trinajstić information content (AvgIpc) is 2.68. The summed E-state index contributed by atoms with van der Waals surface area (Å²) in [5.74, 6) is 1.21. The van der Waals surface area contributed by atoms with Gasteiger partial charge in [0.2, 0.25) is 0 Å². The number of guanidine groups is 1. The molecule has 0 aliphatic carbocycles. The molecule has 0 heterocycles. The monoisotopic (exact) mass is 369 g/mol. The number of hydrogen-bond acceptors (Lipinski definition) is 4. The second kappa shape index (κ2) is 10.2. The third-order valence-corrected chi connectivity index (χ3v) is 3.94. The van der Waals surface area contributed by atoms with Crippen molar-refractivity contribution in [1.82, 2.24) is 10.6 Å². The molecule has 6 heteroatoms. The number of esters is 1. The smallest absolute Gasteiger partial charge is 0.337 e. The van der Waals surface area contributed by atoms with Gasteiger partial charge in [0, 0.05) is 13.6 Å². The molecule has 0 amide bonds. The Kier molecular flexibility index (Phi) is 7.67. The van der Waals surface area contributed by atoms with Crippen LogP contribution in [0.3, 0.4) is 0 Å². The molecule has 1 unspecified atom stereocenters. The van der Waals surface area contributed by atoms with E-state index in [1.165, 1.54) is 12.7 Å². The molecular formula is C21H27N3O3. The highest BCUT2D eigenvalue weighted by atomic mass is 16.5. The second-order valence-corrected chi connectivity index (χ2v) is 6.24. The Morgan fingerprint density at radius 1 is 1.15 bits per heavy atom. The van der Waals surface area contributed by atoms with Gasteiger partial charge in [0.15, 0.2) is 5.96 Å². The van der Waals surface area contributed by atoms with Crippen LogP contribution in [0.15, 0.2) is 53.5 Å². The van der Waals surface area contributed by atoms with E-state index in [-0.39, 0.29) is 12.1 Å². The zero-order valence-corrected chi connectivity index (χ0v) is 16.3. The number of benzene rings is 2. The van der Waals surface area contributed by atoms with Crippen LogP contribution in [0.2, 0.25) is 0 Å². The number of methoxy groups -OCH3 is 1. The molecule has 2 aromatic rings. The maximum absolute atomic E-state index is 11.5. The van der Waals surface area contributed by atoms with Crippen LogP contribution in [0, 0.1) is 6.92 Å². The third-order valence-electron chi connectivity index (χ3n) is 3.94. The first-order valence-corrected chi connectivity index (χ1v) is 8.87. The minimum Gasteiger partial charge on any atom is -0.489 e. The molecule has 0 aliphatic rings. The minimum atomic E-state index is -0.338. The molecule has 0 aliphatic heterocycles. The van der Waals surface area contributed by atoms with Crippen molar-refractivity contribution >= 4 is 11.9 Å². The summed E-state index contributed by atoms with van der Waals surface area (Å²) in [6.07, 6.45) is -0.00955. The molecule has 0 fully saturated rings. The van der Waals surface area contributed by atoms with Crippen molar-refractivity contribution in [3.8, 4) is 5.75 Å². The minimum absolute atomic E-state index is 0.00955. The summed E-state index contributed by atoms with van der Waals surface area (Å²) in [5, 5.41) is 6.50. The van der Waals surface area contributed by atoms with E-state index in [1.54, 1.807) is 19.2 Å². The quantitative estimate of drug-likeness (QED) is 0.446. The van der Waals surface area contributed by atoms with Gasteiger partial charge >= 0.3 is 5.97 Å². The van der Waals surface area contributed by atoms with Gasteiger partial charge < -0.3 is 20.1 Å². The van der Waals surface area contributed by atoms with Crippen LogP contribution in [0.1, 0.15) is 28.4 Å². The topological polar surface area (TPSA) is 72.0 Å². The number of aryl methyl sites for hydroxylation is 1. The van der Waals surface area contributed by atoms with Crippen molar-refractivity contribution in [3.63, 3.8) is 0 Å². The number of nitrogens with one attached hydrogen (secondary N) is 2. The summed E-state index contributed by atoms with van der Waals surface area (Å²) in [7, 11) is 3.10. The van der Waals surface area contributed by atoms with E-state index >= 15 is 0 Å². The van der Waals surface area contributed by atoms with Crippen LogP contribution in [0.25, 0.3) is 0 Å². The van der Waals surface area contributed by atoms with E-state index in [1.807, 2.05) is 50.2 Å². The molecule has 0 saturated heterocycles. The number of carbonyl (C=O) groups is 1. The second-order valence-electron chi connectivity index (χ2n) is 6.24. The fourth-order valence-electron chi connectivity index (χ4n) is 2.49. The Hall–Kier alpha value is -3.02. The maximum Gasteiger partial charge on any atom is 0.337 e. The van der Waals surface area contributed by atoms with Crippen molar-refractivity contribution < 1.29 is 14.3 Å². The van der Waals surface area contributed by atoms with E-state index in [9.17, 15) is 4.79 Å². The number of nitrogens with zero attached hydrogens (tertiary/aromatic N) is 1. The number of rotatable bonds is 7. The Morgan fingerprint density at radius 2 is 1.89 bits per heavy atom. The Bertz CT molecular complexity index is 772. The lowest BCUT2D eigenvalue weighted by Crippen LogP contribution is -2.41. The highest BCUT2D eigenvalue weighted by molar-refractivity contribution is 5.89. The molecule has 0 spiro atoms. The number of carbonyl (C=O) groups excluding carboxylic acids is 1. The third kappa shape index (κ3) is 6.66. The molecule has 0 bridgehead atoms. The Morgan fingerprint density at radius 3 is 2.52 bits per heavy atom. The lowest BCUT2D eigenvalue weighted by atomic mass is 10.1. The Labute approximate surface area is 160 Å². The van der Waals surface area contributed by atoms with Crippen molar-refractivity contribution in [2.75, 3.05) is 20.7 Å². The van der Waals surface area contributed by atoms with Gasteiger partial charge in [-0.25, -0.2) is 4.79 Å². The molecule has 0 saturated carbocycles. The van der Waals surface area contributed by atoms with Crippen molar-refractivity contribution in [1.29, 1.82) is 0 Å². The van der Waals surface area contributed by atoms with Gasteiger partial charge in [0.1, 0.15) is 11.9 Å². The van der Waals surface area contributed by atoms with E-state index < -0.39 is 0 Å². The number of aliphatic imine (C=N–C) groups is 1. The fourth-order valence-corrected chi connectivity index (χ4v) is 2.49. The predicted octanol–water partition coefficient (Wildman–Crippen LogP) is 2.91. The lowest BCUT2D eigenvalue weighted by molar-refractivity contribution is 0.0600. The van der Waals surface area contributed by atoms with Gasteiger partial charge in [-0.3, -0.25) is 4.99 Å². The highest BCUT2D eigenvalue weighted by Gasteiger charge is 2.07. The van der Waals surface area contributed by atoms with Crippen LogP contribution < -0.4 is 15.4 Å². The van der Waals surface area contributed by atoms with Crippen LogP contribution in [-0.4, -0.2) is 38.7 Å². The molecule has 1 atom stereocenters.